The molecule has 0 saturated carbocycles. The zero-order chi connectivity index (χ0) is 13.8. The summed E-state index contributed by atoms with van der Waals surface area (Å²) in [5.74, 6) is 0.599. The Morgan fingerprint density at radius 1 is 0.895 bits per heavy atom. The third-order valence-electron chi connectivity index (χ3n) is 3.39. The Morgan fingerprint density at radius 2 is 1.53 bits per heavy atom. The summed E-state index contributed by atoms with van der Waals surface area (Å²) in [6.07, 6.45) is 3.19. The SMILES string of the molecule is CCCCc1cc(O)ccc1-c1ccc(O)cc1C. The summed E-state index contributed by atoms with van der Waals surface area (Å²) >= 11 is 0. The molecule has 0 saturated heterocycles. The van der Waals surface area contributed by atoms with Crippen LogP contribution in [0.3, 0.4) is 0 Å². The summed E-state index contributed by atoms with van der Waals surface area (Å²) < 4.78 is 0. The minimum Gasteiger partial charge on any atom is -0.508 e. The summed E-state index contributed by atoms with van der Waals surface area (Å²) in [6, 6.07) is 10.9. The van der Waals surface area contributed by atoms with Crippen molar-refractivity contribution in [3.05, 3.63) is 47.5 Å². The van der Waals surface area contributed by atoms with Crippen LogP contribution >= 0.6 is 0 Å². The number of rotatable bonds is 4. The number of aromatic hydroxyl groups is 2. The van der Waals surface area contributed by atoms with Crippen molar-refractivity contribution < 1.29 is 10.2 Å². The van der Waals surface area contributed by atoms with Crippen molar-refractivity contribution in [1.82, 2.24) is 0 Å². The second-order valence-corrected chi connectivity index (χ2v) is 4.94. The second-order valence-electron chi connectivity index (χ2n) is 4.94. The van der Waals surface area contributed by atoms with E-state index in [4.69, 9.17) is 0 Å². The molecular formula is C17H20O2. The molecule has 2 aromatic carbocycles. The molecule has 0 fully saturated rings. The monoisotopic (exact) mass is 256 g/mol. The lowest BCUT2D eigenvalue weighted by Crippen LogP contribution is -1.92. The van der Waals surface area contributed by atoms with E-state index in [0.29, 0.717) is 5.75 Å². The highest BCUT2D eigenvalue weighted by molar-refractivity contribution is 5.72. The summed E-state index contributed by atoms with van der Waals surface area (Å²) in [7, 11) is 0. The zero-order valence-corrected chi connectivity index (χ0v) is 11.5. The van der Waals surface area contributed by atoms with Crippen LogP contribution in [-0.4, -0.2) is 10.2 Å². The number of benzene rings is 2. The van der Waals surface area contributed by atoms with Crippen LogP contribution in [0.2, 0.25) is 0 Å². The van der Waals surface area contributed by atoms with Gasteiger partial charge in [0.1, 0.15) is 11.5 Å². The van der Waals surface area contributed by atoms with Gasteiger partial charge in [0.2, 0.25) is 0 Å². The number of aryl methyl sites for hydroxylation is 2. The molecule has 0 aliphatic rings. The topological polar surface area (TPSA) is 40.5 Å². The number of phenols is 2. The lowest BCUT2D eigenvalue weighted by atomic mass is 9.93. The molecule has 0 heterocycles. The van der Waals surface area contributed by atoms with Crippen molar-refractivity contribution in [2.24, 2.45) is 0 Å². The summed E-state index contributed by atoms with van der Waals surface area (Å²) in [4.78, 5) is 0. The lowest BCUT2D eigenvalue weighted by Gasteiger charge is -2.13. The van der Waals surface area contributed by atoms with Crippen LogP contribution in [0.1, 0.15) is 30.9 Å². The minimum absolute atomic E-state index is 0.287. The van der Waals surface area contributed by atoms with Crippen molar-refractivity contribution in [2.75, 3.05) is 0 Å². The molecule has 2 rings (SSSR count). The van der Waals surface area contributed by atoms with Gasteiger partial charge >= 0.3 is 0 Å². The van der Waals surface area contributed by atoms with Crippen LogP contribution in [0.5, 0.6) is 11.5 Å². The number of unbranched alkanes of at least 4 members (excludes halogenated alkanes) is 1. The molecule has 0 aromatic heterocycles. The molecule has 100 valence electrons. The summed E-state index contributed by atoms with van der Waals surface area (Å²) in [5, 5.41) is 19.2. The smallest absolute Gasteiger partial charge is 0.115 e. The highest BCUT2D eigenvalue weighted by Gasteiger charge is 2.09. The van der Waals surface area contributed by atoms with E-state index in [2.05, 4.69) is 6.92 Å². The van der Waals surface area contributed by atoms with Crippen molar-refractivity contribution in [2.45, 2.75) is 33.1 Å². The Hall–Kier alpha value is -1.96. The first-order valence-electron chi connectivity index (χ1n) is 6.73. The van der Waals surface area contributed by atoms with Crippen molar-refractivity contribution >= 4 is 0 Å². The number of phenolic OH excluding ortho intramolecular Hbond substituents is 2. The zero-order valence-electron chi connectivity index (χ0n) is 11.5. The average molecular weight is 256 g/mol. The Balaban J connectivity index is 2.48. The third kappa shape index (κ3) is 3.08. The van der Waals surface area contributed by atoms with Gasteiger partial charge in [-0.3, -0.25) is 0 Å². The third-order valence-corrected chi connectivity index (χ3v) is 3.39. The minimum atomic E-state index is 0.287. The van der Waals surface area contributed by atoms with Gasteiger partial charge in [-0.15, -0.1) is 0 Å². The average Bonchev–Trinajstić information content (AvgIpc) is 2.37. The number of hydrogen-bond donors (Lipinski definition) is 2. The van der Waals surface area contributed by atoms with Gasteiger partial charge in [0.25, 0.3) is 0 Å². The van der Waals surface area contributed by atoms with Gasteiger partial charge in [-0.05, 0) is 66.3 Å². The van der Waals surface area contributed by atoms with Crippen LogP contribution in [0, 0.1) is 6.92 Å². The highest BCUT2D eigenvalue weighted by atomic mass is 16.3. The Kier molecular flexibility index (Phi) is 4.10. The van der Waals surface area contributed by atoms with Gasteiger partial charge in [0.15, 0.2) is 0 Å². The predicted octanol–water partition coefficient (Wildman–Crippen LogP) is 4.42. The van der Waals surface area contributed by atoms with Gasteiger partial charge in [0.05, 0.1) is 0 Å². The molecule has 2 N–H and O–H groups in total. The fourth-order valence-corrected chi connectivity index (χ4v) is 2.37. The van der Waals surface area contributed by atoms with Crippen LogP contribution < -0.4 is 0 Å². The van der Waals surface area contributed by atoms with E-state index >= 15 is 0 Å². The molecule has 0 amide bonds. The normalized spacial score (nSPS) is 10.6. The van der Waals surface area contributed by atoms with Crippen LogP contribution in [-0.2, 0) is 6.42 Å². The Labute approximate surface area is 114 Å². The van der Waals surface area contributed by atoms with E-state index < -0.39 is 0 Å². The fourth-order valence-electron chi connectivity index (χ4n) is 2.37. The molecule has 0 spiro atoms. The first kappa shape index (κ1) is 13.5. The molecule has 2 aromatic rings. The molecule has 0 bridgehead atoms. The van der Waals surface area contributed by atoms with Crippen molar-refractivity contribution in [3.63, 3.8) is 0 Å². The van der Waals surface area contributed by atoms with E-state index in [1.165, 1.54) is 0 Å². The maximum absolute atomic E-state index is 9.66. The quantitative estimate of drug-likeness (QED) is 0.850. The highest BCUT2D eigenvalue weighted by Crippen LogP contribution is 2.32. The largest absolute Gasteiger partial charge is 0.508 e. The molecule has 0 atom stereocenters. The Bertz CT molecular complexity index is 573. The van der Waals surface area contributed by atoms with E-state index in [0.717, 1.165) is 41.5 Å². The fraction of sp³-hybridized carbons (Fsp3) is 0.294. The Morgan fingerprint density at radius 3 is 2.16 bits per heavy atom. The van der Waals surface area contributed by atoms with Crippen molar-refractivity contribution in [3.8, 4) is 22.6 Å². The lowest BCUT2D eigenvalue weighted by molar-refractivity contribution is 0.473. The number of hydrogen-bond acceptors (Lipinski definition) is 2. The van der Waals surface area contributed by atoms with Gasteiger partial charge in [-0.2, -0.15) is 0 Å². The molecule has 2 nitrogen and oxygen atoms in total. The maximum atomic E-state index is 9.66. The molecular weight excluding hydrogens is 236 g/mol. The molecule has 0 aliphatic carbocycles. The summed E-state index contributed by atoms with van der Waals surface area (Å²) in [6.45, 7) is 4.15. The van der Waals surface area contributed by atoms with Crippen LogP contribution in [0.25, 0.3) is 11.1 Å². The van der Waals surface area contributed by atoms with E-state index in [-0.39, 0.29) is 5.75 Å². The molecule has 0 radical (unpaired) electrons. The van der Waals surface area contributed by atoms with Gasteiger partial charge in [-0.25, -0.2) is 0 Å². The van der Waals surface area contributed by atoms with Crippen molar-refractivity contribution in [1.29, 1.82) is 0 Å². The first-order chi connectivity index (χ1) is 9.11. The van der Waals surface area contributed by atoms with E-state index in [1.807, 2.05) is 25.1 Å². The standard InChI is InChI=1S/C17H20O2/c1-3-4-5-13-11-15(19)7-9-17(13)16-8-6-14(18)10-12(16)2/h6-11,18-19H,3-5H2,1-2H3. The summed E-state index contributed by atoms with van der Waals surface area (Å²) in [5.41, 5.74) is 4.46. The van der Waals surface area contributed by atoms with E-state index in [9.17, 15) is 10.2 Å². The molecule has 2 heteroatoms. The maximum Gasteiger partial charge on any atom is 0.115 e. The second kappa shape index (κ2) is 5.79. The first-order valence-corrected chi connectivity index (χ1v) is 6.73. The molecule has 0 aliphatic heterocycles. The van der Waals surface area contributed by atoms with Crippen LogP contribution in [0.4, 0.5) is 0 Å². The predicted molar refractivity (Wildman–Crippen MR) is 78.6 cm³/mol. The van der Waals surface area contributed by atoms with Gasteiger partial charge in [-0.1, -0.05) is 25.5 Å². The van der Waals surface area contributed by atoms with Crippen LogP contribution in [0.15, 0.2) is 36.4 Å². The molecule has 0 unspecified atom stereocenters. The van der Waals surface area contributed by atoms with E-state index in [1.54, 1.807) is 18.2 Å². The molecule has 19 heavy (non-hydrogen) atoms. The van der Waals surface area contributed by atoms with Gasteiger partial charge in [0, 0.05) is 0 Å². The van der Waals surface area contributed by atoms with Gasteiger partial charge < -0.3 is 10.2 Å².